The van der Waals surface area contributed by atoms with Gasteiger partial charge in [-0.1, -0.05) is 37.9 Å². The Kier molecular flexibility index (Phi) is 9.11. The fraction of sp³-hybridized carbons (Fsp3) is 0.400. The fourth-order valence-corrected chi connectivity index (χ4v) is 4.70. The summed E-state index contributed by atoms with van der Waals surface area (Å²) in [4.78, 5) is 4.55. The van der Waals surface area contributed by atoms with Crippen molar-refractivity contribution in [3.8, 4) is 0 Å². The third-order valence-corrected chi connectivity index (χ3v) is 6.61. The molecule has 0 saturated carbocycles. The van der Waals surface area contributed by atoms with E-state index in [4.69, 9.17) is 11.5 Å². The summed E-state index contributed by atoms with van der Waals surface area (Å²) in [5, 5.41) is 0. The van der Waals surface area contributed by atoms with Crippen LogP contribution in [0.15, 0.2) is 33.2 Å². The van der Waals surface area contributed by atoms with E-state index in [1.54, 1.807) is 0 Å². The molecule has 0 bridgehead atoms. The fourth-order valence-electron chi connectivity index (χ4n) is 3.56. The second kappa shape index (κ2) is 10.4. The second-order valence-electron chi connectivity index (χ2n) is 7.12. The molecule has 3 N–H and O–H groups in total. The number of nitrogen functional groups attached to an aromatic ring is 1. The number of nitrogens with zero attached hydrogens (tertiary/aromatic N) is 2. The molecular formula is C20H25AcBr2N4-. The Morgan fingerprint density at radius 3 is 1.89 bits per heavy atom. The molecule has 1 radical (unpaired) electrons. The van der Waals surface area contributed by atoms with Gasteiger partial charge in [0.2, 0.25) is 0 Å². The first-order chi connectivity index (χ1) is 12.4. The van der Waals surface area contributed by atoms with Gasteiger partial charge in [0.1, 0.15) is 0 Å². The Bertz CT molecular complexity index is 746. The van der Waals surface area contributed by atoms with Gasteiger partial charge in [-0.15, -0.1) is 5.69 Å². The predicted octanol–water partition coefficient (Wildman–Crippen LogP) is 5.14. The van der Waals surface area contributed by atoms with Crippen molar-refractivity contribution >= 4 is 43.2 Å². The molecule has 0 unspecified atom stereocenters. The molecule has 4 nitrogen and oxygen atoms in total. The number of rotatable bonds is 0. The molecule has 0 spiro atoms. The van der Waals surface area contributed by atoms with Crippen LogP contribution in [0.1, 0.15) is 22.3 Å². The first-order valence-electron chi connectivity index (χ1n) is 8.81. The monoisotopic (exact) mass is 706 g/mol. The number of nitrogens with one attached hydrogen (secondary N) is 1. The smallest absolute Gasteiger partial charge is 0.0363 e. The molecule has 0 saturated heterocycles. The van der Waals surface area contributed by atoms with E-state index >= 15 is 0 Å². The van der Waals surface area contributed by atoms with Crippen molar-refractivity contribution < 1.29 is 44.1 Å². The molecule has 0 amide bonds. The van der Waals surface area contributed by atoms with Gasteiger partial charge in [0.05, 0.1) is 0 Å². The van der Waals surface area contributed by atoms with Crippen molar-refractivity contribution in [3.63, 3.8) is 0 Å². The van der Waals surface area contributed by atoms with Crippen LogP contribution in [0.25, 0.3) is 5.73 Å². The van der Waals surface area contributed by atoms with Crippen molar-refractivity contribution in [2.24, 2.45) is 0 Å². The van der Waals surface area contributed by atoms with E-state index in [-0.39, 0.29) is 44.1 Å². The standard InChI is InChI=1S/C10H13BrN2.C10H12BrN2.Ac/c2*1-13-5-4-7-8(6-13)10(12)3-2-9(7)11;/h2-3H,4-6,12H2,1H3;2-3,12H,4-6H2,1H3;/q;-1;. The van der Waals surface area contributed by atoms with E-state index < -0.39 is 0 Å². The van der Waals surface area contributed by atoms with Gasteiger partial charge >= 0.3 is 0 Å². The van der Waals surface area contributed by atoms with Crippen molar-refractivity contribution in [1.29, 1.82) is 0 Å². The number of hydrogen-bond acceptors (Lipinski definition) is 3. The zero-order valence-electron chi connectivity index (χ0n) is 15.9. The van der Waals surface area contributed by atoms with Crippen molar-refractivity contribution in [1.82, 2.24) is 9.80 Å². The summed E-state index contributed by atoms with van der Waals surface area (Å²) in [5.74, 6) is 0. The minimum absolute atomic E-state index is 0. The van der Waals surface area contributed by atoms with Crippen molar-refractivity contribution in [2.45, 2.75) is 25.9 Å². The number of anilines is 1. The molecule has 0 aromatic heterocycles. The average molecular weight is 708 g/mol. The first kappa shape index (κ1) is 23.6. The molecular weight excluding hydrogens is 683 g/mol. The number of benzene rings is 2. The van der Waals surface area contributed by atoms with Gasteiger partial charge < -0.3 is 21.3 Å². The minimum Gasteiger partial charge on any atom is -0.698 e. The maximum absolute atomic E-state index is 7.79. The van der Waals surface area contributed by atoms with Crippen LogP contribution in [0.2, 0.25) is 0 Å². The maximum atomic E-state index is 7.79. The zero-order chi connectivity index (χ0) is 18.8. The number of fused-ring (bicyclic) bond motifs is 2. The van der Waals surface area contributed by atoms with Crippen LogP contribution in [-0.2, 0) is 25.9 Å². The van der Waals surface area contributed by atoms with Gasteiger partial charge in [-0.2, -0.15) is 0 Å². The van der Waals surface area contributed by atoms with E-state index in [9.17, 15) is 0 Å². The van der Waals surface area contributed by atoms with Crippen molar-refractivity contribution in [3.05, 3.63) is 61.2 Å². The summed E-state index contributed by atoms with van der Waals surface area (Å²) < 4.78 is 2.36. The number of likely N-dealkylation sites (N-methyl/N-ethyl adjacent to an activating group) is 2. The van der Waals surface area contributed by atoms with Crippen LogP contribution in [0, 0.1) is 44.1 Å². The Labute approximate surface area is 214 Å². The van der Waals surface area contributed by atoms with E-state index in [0.29, 0.717) is 5.69 Å². The molecule has 0 aliphatic carbocycles. The van der Waals surface area contributed by atoms with E-state index in [1.165, 1.54) is 26.7 Å². The number of hydrogen-bond donors (Lipinski definition) is 1. The van der Waals surface area contributed by atoms with Crippen molar-refractivity contribution in [2.75, 3.05) is 32.9 Å². The Balaban J connectivity index is 0.000000187. The molecule has 2 heterocycles. The van der Waals surface area contributed by atoms with E-state index in [2.05, 4.69) is 55.8 Å². The normalized spacial score (nSPS) is 16.4. The van der Waals surface area contributed by atoms with Gasteiger partial charge in [-0.25, -0.2) is 0 Å². The van der Waals surface area contributed by atoms with Crippen LogP contribution in [0.5, 0.6) is 0 Å². The van der Waals surface area contributed by atoms with E-state index in [1.807, 2.05) is 24.3 Å². The molecule has 143 valence electrons. The topological polar surface area (TPSA) is 56.3 Å². The number of nitrogens with two attached hydrogens (primary N) is 1. The predicted molar refractivity (Wildman–Crippen MR) is 117 cm³/mol. The largest absolute Gasteiger partial charge is 0.698 e. The summed E-state index contributed by atoms with van der Waals surface area (Å²) in [6.07, 6.45) is 2.15. The summed E-state index contributed by atoms with van der Waals surface area (Å²) >= 11 is 7.10. The third kappa shape index (κ3) is 5.71. The summed E-state index contributed by atoms with van der Waals surface area (Å²) in [5.41, 5.74) is 20.5. The second-order valence-corrected chi connectivity index (χ2v) is 8.83. The third-order valence-electron chi connectivity index (χ3n) is 5.13. The molecule has 2 aliphatic rings. The summed E-state index contributed by atoms with van der Waals surface area (Å²) in [7, 11) is 4.23. The van der Waals surface area contributed by atoms with Gasteiger partial charge in [0.15, 0.2) is 0 Å². The van der Waals surface area contributed by atoms with Crippen LogP contribution in [0.4, 0.5) is 11.4 Å². The zero-order valence-corrected chi connectivity index (χ0v) is 23.8. The SMILES string of the molecule is CN1CCc2c(Br)ccc(N)c2C1.CN1CCc2c(Br)ccc([NH-])c2C1.[Ac]. The van der Waals surface area contributed by atoms with Crippen LogP contribution >= 0.6 is 31.9 Å². The minimum atomic E-state index is 0. The summed E-state index contributed by atoms with van der Waals surface area (Å²) in [6.45, 7) is 4.10. The van der Waals surface area contributed by atoms with Gasteiger partial charge in [-0.05, 0) is 67.4 Å². The molecule has 2 aliphatic heterocycles. The molecule has 2 aromatic carbocycles. The molecule has 2 aromatic rings. The average Bonchev–Trinajstić information content (AvgIpc) is 2.62. The molecule has 0 fully saturated rings. The first-order valence-corrected chi connectivity index (χ1v) is 10.4. The van der Waals surface area contributed by atoms with E-state index in [0.717, 1.165) is 49.2 Å². The Hall–Kier alpha value is 0.362. The van der Waals surface area contributed by atoms with Crippen LogP contribution in [0.3, 0.4) is 0 Å². The molecule has 7 heteroatoms. The maximum Gasteiger partial charge on any atom is 0.0363 e. The van der Waals surface area contributed by atoms with Crippen LogP contribution in [-0.4, -0.2) is 37.0 Å². The Morgan fingerprint density at radius 2 is 1.30 bits per heavy atom. The molecule has 27 heavy (non-hydrogen) atoms. The summed E-state index contributed by atoms with van der Waals surface area (Å²) in [6, 6.07) is 7.86. The Morgan fingerprint density at radius 1 is 0.815 bits per heavy atom. The molecule has 4 rings (SSSR count). The molecule has 0 atom stereocenters. The van der Waals surface area contributed by atoms with Gasteiger partial charge in [-0.3, -0.25) is 0 Å². The van der Waals surface area contributed by atoms with Gasteiger partial charge in [0, 0.05) is 84.9 Å². The van der Waals surface area contributed by atoms with Gasteiger partial charge in [0.25, 0.3) is 0 Å². The quantitative estimate of drug-likeness (QED) is 0.386. The number of halogens is 2. The van der Waals surface area contributed by atoms with Crippen LogP contribution < -0.4 is 5.73 Å².